The van der Waals surface area contributed by atoms with Crippen LogP contribution in [0.5, 0.6) is 0 Å². The Kier molecular flexibility index (Phi) is 7.42. The standard InChI is InChI=1S/C26H29F2N7O3/c1-5-20(17-13-16(27)6-7-19(17)28)31-26(38)35-23(25(37)34(4)22-8-9-33(3)32-22)18(24(35)36)11-15-10-14(2)30-21(29)12-15/h6-10,12-13,18,20,23H,5,11H2,1-4H3,(H2,29,30)(H,31,38)/t18-,20?,23+/m1/s1. The highest BCUT2D eigenvalue weighted by Gasteiger charge is 2.55. The third-order valence-electron chi connectivity index (χ3n) is 6.59. The average Bonchev–Trinajstić information content (AvgIpc) is 3.30. The molecule has 2 aromatic heterocycles. The number of nitrogens with two attached hydrogens (primary N) is 1. The predicted octanol–water partition coefficient (Wildman–Crippen LogP) is 2.88. The molecule has 0 radical (unpaired) electrons. The van der Waals surface area contributed by atoms with E-state index in [1.54, 1.807) is 45.3 Å². The smallest absolute Gasteiger partial charge is 0.325 e. The number of benzene rings is 1. The summed E-state index contributed by atoms with van der Waals surface area (Å²) in [5.74, 6) is -2.69. The molecule has 12 heteroatoms. The van der Waals surface area contributed by atoms with Gasteiger partial charge >= 0.3 is 6.03 Å². The third kappa shape index (κ3) is 5.20. The van der Waals surface area contributed by atoms with E-state index in [2.05, 4.69) is 15.4 Å². The van der Waals surface area contributed by atoms with Gasteiger partial charge in [0.25, 0.3) is 5.91 Å². The van der Waals surface area contributed by atoms with Crippen molar-refractivity contribution in [2.45, 2.75) is 38.8 Å². The fourth-order valence-electron chi connectivity index (χ4n) is 4.69. The number of pyridine rings is 1. The van der Waals surface area contributed by atoms with Gasteiger partial charge in [-0.05, 0) is 55.7 Å². The van der Waals surface area contributed by atoms with Crippen molar-refractivity contribution in [2.75, 3.05) is 17.7 Å². The van der Waals surface area contributed by atoms with Gasteiger partial charge in [0.2, 0.25) is 5.91 Å². The zero-order valence-corrected chi connectivity index (χ0v) is 21.5. The van der Waals surface area contributed by atoms with Crippen molar-refractivity contribution in [3.8, 4) is 0 Å². The Labute approximate surface area is 218 Å². The Bertz CT molecular complexity index is 1370. The van der Waals surface area contributed by atoms with Gasteiger partial charge in [0.1, 0.15) is 23.5 Å². The Morgan fingerprint density at radius 3 is 2.58 bits per heavy atom. The molecular weight excluding hydrogens is 496 g/mol. The van der Waals surface area contributed by atoms with Crippen molar-refractivity contribution in [3.63, 3.8) is 0 Å². The summed E-state index contributed by atoms with van der Waals surface area (Å²) in [4.78, 5) is 46.4. The second kappa shape index (κ2) is 10.6. The SMILES string of the molecule is CCC(NC(=O)N1C(=O)[C@H](Cc2cc(C)nc(N)c2)[C@H]1C(=O)N(C)c1ccn(C)n1)c1cc(F)ccc1F. The van der Waals surface area contributed by atoms with Crippen LogP contribution in [-0.4, -0.2) is 50.6 Å². The number of urea groups is 1. The van der Waals surface area contributed by atoms with Crippen LogP contribution in [0.3, 0.4) is 0 Å². The number of hydrogen-bond donors (Lipinski definition) is 2. The van der Waals surface area contributed by atoms with Crippen LogP contribution in [0.4, 0.5) is 25.2 Å². The molecule has 0 saturated carbocycles. The fraction of sp³-hybridized carbons (Fsp3) is 0.346. The van der Waals surface area contributed by atoms with E-state index in [0.29, 0.717) is 17.1 Å². The fourth-order valence-corrected chi connectivity index (χ4v) is 4.69. The van der Waals surface area contributed by atoms with Gasteiger partial charge in [-0.25, -0.2) is 18.6 Å². The lowest BCUT2D eigenvalue weighted by Crippen LogP contribution is -2.70. The first-order valence-electron chi connectivity index (χ1n) is 12.1. The molecular formula is C26H29F2N7O3. The number of likely N-dealkylation sites (tertiary alicyclic amines) is 1. The molecule has 4 amide bonds. The number of aromatic nitrogens is 3. The van der Waals surface area contributed by atoms with E-state index in [1.165, 1.54) is 16.6 Å². The number of likely N-dealkylation sites (N-methyl/N-ethyl adjacent to an activating group) is 1. The number of β-lactam (4-membered cyclic amide) rings is 1. The van der Waals surface area contributed by atoms with E-state index in [4.69, 9.17) is 5.73 Å². The number of nitrogen functional groups attached to an aromatic ring is 1. The molecule has 200 valence electrons. The lowest BCUT2D eigenvalue weighted by Gasteiger charge is -2.45. The van der Waals surface area contributed by atoms with Crippen LogP contribution in [0.15, 0.2) is 42.6 Å². The lowest BCUT2D eigenvalue weighted by molar-refractivity contribution is -0.156. The monoisotopic (exact) mass is 525 g/mol. The second-order valence-electron chi connectivity index (χ2n) is 9.33. The van der Waals surface area contributed by atoms with Gasteiger partial charge in [-0.2, -0.15) is 5.10 Å². The number of aryl methyl sites for hydroxylation is 2. The van der Waals surface area contributed by atoms with E-state index in [9.17, 15) is 23.2 Å². The Morgan fingerprint density at radius 1 is 1.21 bits per heavy atom. The number of imide groups is 1. The number of carbonyl (C=O) groups is 3. The number of anilines is 2. The minimum absolute atomic E-state index is 0.0541. The van der Waals surface area contributed by atoms with E-state index < -0.39 is 47.5 Å². The van der Waals surface area contributed by atoms with Crippen LogP contribution in [-0.2, 0) is 23.1 Å². The van der Waals surface area contributed by atoms with Crippen molar-refractivity contribution in [3.05, 3.63) is 71.1 Å². The summed E-state index contributed by atoms with van der Waals surface area (Å²) in [5.41, 5.74) is 7.15. The maximum absolute atomic E-state index is 14.4. The van der Waals surface area contributed by atoms with Crippen molar-refractivity contribution in [2.24, 2.45) is 13.0 Å². The molecule has 3 atom stereocenters. The first-order chi connectivity index (χ1) is 18.0. The highest BCUT2D eigenvalue weighted by molar-refractivity contribution is 6.12. The minimum atomic E-state index is -1.15. The molecule has 4 rings (SSSR count). The van der Waals surface area contributed by atoms with Crippen molar-refractivity contribution in [1.29, 1.82) is 0 Å². The number of rotatable bonds is 7. The summed E-state index contributed by atoms with van der Waals surface area (Å²) in [7, 11) is 3.20. The molecule has 0 bridgehead atoms. The van der Waals surface area contributed by atoms with Crippen LogP contribution >= 0.6 is 0 Å². The highest BCUT2D eigenvalue weighted by Crippen LogP contribution is 2.33. The summed E-state index contributed by atoms with van der Waals surface area (Å²) in [6.45, 7) is 3.44. The summed E-state index contributed by atoms with van der Waals surface area (Å²) < 4.78 is 29.7. The first kappa shape index (κ1) is 26.7. The number of amides is 4. The van der Waals surface area contributed by atoms with E-state index in [0.717, 1.165) is 23.1 Å². The number of nitrogens with one attached hydrogen (secondary N) is 1. The Balaban J connectivity index is 1.63. The lowest BCUT2D eigenvalue weighted by atomic mass is 9.81. The molecule has 3 aromatic rings. The second-order valence-corrected chi connectivity index (χ2v) is 9.33. The quantitative estimate of drug-likeness (QED) is 0.457. The van der Waals surface area contributed by atoms with E-state index >= 15 is 0 Å². The molecule has 1 fully saturated rings. The molecule has 1 aliphatic rings. The van der Waals surface area contributed by atoms with Gasteiger partial charge in [0, 0.05) is 37.6 Å². The van der Waals surface area contributed by atoms with Gasteiger partial charge in [-0.15, -0.1) is 0 Å². The summed E-state index contributed by atoms with van der Waals surface area (Å²) in [6.07, 6.45) is 2.03. The first-order valence-corrected chi connectivity index (χ1v) is 12.1. The maximum atomic E-state index is 14.4. The molecule has 1 aliphatic heterocycles. The topological polar surface area (TPSA) is 126 Å². The summed E-state index contributed by atoms with van der Waals surface area (Å²) in [6, 6.07) is 5.01. The van der Waals surface area contributed by atoms with Crippen LogP contribution in [0.2, 0.25) is 0 Å². The molecule has 1 saturated heterocycles. The van der Waals surface area contributed by atoms with Crippen molar-refractivity contribution < 1.29 is 23.2 Å². The Morgan fingerprint density at radius 2 is 1.95 bits per heavy atom. The number of hydrogen-bond acceptors (Lipinski definition) is 6. The predicted molar refractivity (Wildman–Crippen MR) is 136 cm³/mol. The minimum Gasteiger partial charge on any atom is -0.384 e. The van der Waals surface area contributed by atoms with Gasteiger partial charge in [0.15, 0.2) is 5.82 Å². The largest absolute Gasteiger partial charge is 0.384 e. The van der Waals surface area contributed by atoms with Crippen molar-refractivity contribution in [1.82, 2.24) is 25.0 Å². The molecule has 1 aromatic carbocycles. The molecule has 3 heterocycles. The van der Waals surface area contributed by atoms with Crippen LogP contribution in [0.25, 0.3) is 0 Å². The van der Waals surface area contributed by atoms with Gasteiger partial charge in [-0.1, -0.05) is 6.92 Å². The summed E-state index contributed by atoms with van der Waals surface area (Å²) in [5, 5.41) is 6.82. The zero-order valence-electron chi connectivity index (χ0n) is 21.5. The van der Waals surface area contributed by atoms with Crippen LogP contribution in [0, 0.1) is 24.5 Å². The van der Waals surface area contributed by atoms with Gasteiger partial charge < -0.3 is 11.1 Å². The van der Waals surface area contributed by atoms with E-state index in [1.807, 2.05) is 0 Å². The molecule has 1 unspecified atom stereocenters. The molecule has 10 nitrogen and oxygen atoms in total. The maximum Gasteiger partial charge on any atom is 0.325 e. The van der Waals surface area contributed by atoms with Gasteiger partial charge in [0.05, 0.1) is 12.0 Å². The zero-order chi connectivity index (χ0) is 27.7. The normalized spacial score (nSPS) is 17.6. The van der Waals surface area contributed by atoms with Crippen LogP contribution < -0.4 is 16.0 Å². The number of halogens is 2. The van der Waals surface area contributed by atoms with Gasteiger partial charge in [-0.3, -0.25) is 24.1 Å². The molecule has 0 spiro atoms. The van der Waals surface area contributed by atoms with E-state index in [-0.39, 0.29) is 24.2 Å². The molecule has 0 aliphatic carbocycles. The summed E-state index contributed by atoms with van der Waals surface area (Å²) >= 11 is 0. The average molecular weight is 526 g/mol. The van der Waals surface area contributed by atoms with Crippen molar-refractivity contribution >= 4 is 29.5 Å². The number of carbonyl (C=O) groups excluding carboxylic acids is 3. The third-order valence-corrected chi connectivity index (χ3v) is 6.59. The van der Waals surface area contributed by atoms with Crippen LogP contribution in [0.1, 0.15) is 36.2 Å². The molecule has 3 N–H and O–H groups in total. The highest BCUT2D eigenvalue weighted by atomic mass is 19.1. The Hall–Kier alpha value is -4.35. The number of nitrogens with zero attached hydrogens (tertiary/aromatic N) is 5. The molecule has 38 heavy (non-hydrogen) atoms.